The van der Waals surface area contributed by atoms with Gasteiger partial charge in [-0.25, -0.2) is 13.6 Å². The fraction of sp³-hybridized carbons (Fsp3) is 0.188. The summed E-state index contributed by atoms with van der Waals surface area (Å²) in [4.78, 5) is 11.8. The lowest BCUT2D eigenvalue weighted by atomic mass is 10.0. The van der Waals surface area contributed by atoms with Gasteiger partial charge in [0, 0.05) is 10.0 Å². The van der Waals surface area contributed by atoms with E-state index in [0.717, 1.165) is 0 Å². The Balaban J connectivity index is 2.68. The van der Waals surface area contributed by atoms with E-state index in [9.17, 15) is 13.6 Å². The van der Waals surface area contributed by atoms with Crippen LogP contribution in [0.3, 0.4) is 0 Å². The molecule has 0 aliphatic rings. The Bertz CT molecular complexity index is 697. The summed E-state index contributed by atoms with van der Waals surface area (Å²) in [6.07, 6.45) is 0. The van der Waals surface area contributed by atoms with E-state index in [1.54, 1.807) is 6.92 Å². The molecule has 6 heteroatoms. The van der Waals surface area contributed by atoms with Crippen molar-refractivity contribution in [2.45, 2.75) is 6.92 Å². The summed E-state index contributed by atoms with van der Waals surface area (Å²) in [5, 5.41) is 0. The van der Waals surface area contributed by atoms with Crippen LogP contribution in [0.2, 0.25) is 0 Å². The third-order valence-electron chi connectivity index (χ3n) is 3.01. The lowest BCUT2D eigenvalue weighted by Gasteiger charge is -2.14. The van der Waals surface area contributed by atoms with E-state index < -0.39 is 17.6 Å². The zero-order chi connectivity index (χ0) is 16.3. The Hall–Kier alpha value is -1.95. The van der Waals surface area contributed by atoms with Crippen LogP contribution in [0.15, 0.2) is 34.8 Å². The van der Waals surface area contributed by atoms with Crippen molar-refractivity contribution in [2.75, 3.05) is 13.7 Å². The summed E-state index contributed by atoms with van der Waals surface area (Å²) in [5.41, 5.74) is 0.246. The minimum absolute atomic E-state index is 0.178. The van der Waals surface area contributed by atoms with Crippen LogP contribution in [0.5, 0.6) is 5.75 Å². The molecule has 2 rings (SSSR count). The van der Waals surface area contributed by atoms with Gasteiger partial charge in [-0.2, -0.15) is 0 Å². The van der Waals surface area contributed by atoms with E-state index >= 15 is 0 Å². The molecule has 22 heavy (non-hydrogen) atoms. The molecule has 0 unspecified atom stereocenters. The zero-order valence-electron chi connectivity index (χ0n) is 12.0. The van der Waals surface area contributed by atoms with E-state index in [1.165, 1.54) is 37.4 Å². The van der Waals surface area contributed by atoms with Crippen LogP contribution < -0.4 is 4.74 Å². The third kappa shape index (κ3) is 3.11. The van der Waals surface area contributed by atoms with Gasteiger partial charge < -0.3 is 9.47 Å². The molecule has 0 atom stereocenters. The van der Waals surface area contributed by atoms with Crippen LogP contribution in [0, 0.1) is 11.6 Å². The van der Waals surface area contributed by atoms with Crippen LogP contribution in [0.1, 0.15) is 17.3 Å². The molecule has 0 saturated heterocycles. The quantitative estimate of drug-likeness (QED) is 0.739. The van der Waals surface area contributed by atoms with Gasteiger partial charge in [-0.1, -0.05) is 22.0 Å². The first-order valence-corrected chi connectivity index (χ1v) is 7.28. The van der Waals surface area contributed by atoms with Crippen molar-refractivity contribution >= 4 is 21.9 Å². The maximum absolute atomic E-state index is 14.0. The lowest BCUT2D eigenvalue weighted by molar-refractivity contribution is 0.0596. The molecule has 0 amide bonds. The Morgan fingerprint density at radius 3 is 2.41 bits per heavy atom. The number of esters is 1. The fourth-order valence-corrected chi connectivity index (χ4v) is 2.59. The largest absolute Gasteiger partial charge is 0.493 e. The van der Waals surface area contributed by atoms with Crippen LogP contribution in [0.4, 0.5) is 8.78 Å². The number of methoxy groups -OCH3 is 1. The van der Waals surface area contributed by atoms with Crippen molar-refractivity contribution in [3.63, 3.8) is 0 Å². The number of carbonyl (C=O) groups excluding carboxylic acids is 1. The molecule has 0 saturated carbocycles. The second kappa shape index (κ2) is 6.87. The summed E-state index contributed by atoms with van der Waals surface area (Å²) < 4.78 is 38.4. The van der Waals surface area contributed by atoms with E-state index in [-0.39, 0.29) is 22.4 Å². The number of halogens is 3. The molecule has 2 aromatic rings. The van der Waals surface area contributed by atoms with Crippen molar-refractivity contribution in [3.8, 4) is 16.9 Å². The molecule has 0 N–H and O–H groups in total. The van der Waals surface area contributed by atoms with Gasteiger partial charge in [-0.05, 0) is 31.2 Å². The Morgan fingerprint density at radius 2 is 1.86 bits per heavy atom. The number of hydrogen-bond donors (Lipinski definition) is 0. The smallest absolute Gasteiger partial charge is 0.341 e. The second-order valence-electron chi connectivity index (χ2n) is 4.35. The van der Waals surface area contributed by atoms with Gasteiger partial charge in [-0.15, -0.1) is 0 Å². The average Bonchev–Trinajstić information content (AvgIpc) is 2.49. The highest BCUT2D eigenvalue weighted by Crippen LogP contribution is 2.37. The molecule has 0 fully saturated rings. The standard InChI is InChI=1S/C16H13BrF2O3/c1-3-22-14-8-9(11(17)7-10(14)16(20)21-2)15-12(18)5-4-6-13(15)19/h4-8H,3H2,1-2H3. The normalized spacial score (nSPS) is 10.4. The van der Waals surface area contributed by atoms with Crippen molar-refractivity contribution in [1.82, 2.24) is 0 Å². The first-order chi connectivity index (χ1) is 10.5. The van der Waals surface area contributed by atoms with E-state index in [1.807, 2.05) is 0 Å². The number of hydrogen-bond acceptors (Lipinski definition) is 3. The molecule has 0 radical (unpaired) electrons. The first kappa shape index (κ1) is 16.4. The molecule has 0 aromatic heterocycles. The van der Waals surface area contributed by atoms with E-state index in [4.69, 9.17) is 4.74 Å². The second-order valence-corrected chi connectivity index (χ2v) is 5.20. The summed E-state index contributed by atoms with van der Waals surface area (Å²) in [6.45, 7) is 2.04. The molecule has 0 aliphatic carbocycles. The monoisotopic (exact) mass is 370 g/mol. The minimum atomic E-state index is -0.700. The average molecular weight is 371 g/mol. The van der Waals surface area contributed by atoms with Gasteiger partial charge in [0.25, 0.3) is 0 Å². The molecule has 116 valence electrons. The lowest BCUT2D eigenvalue weighted by Crippen LogP contribution is -2.06. The summed E-state index contributed by atoms with van der Waals surface area (Å²) >= 11 is 3.24. The van der Waals surface area contributed by atoms with Crippen molar-refractivity contribution in [1.29, 1.82) is 0 Å². The Morgan fingerprint density at radius 1 is 1.23 bits per heavy atom. The van der Waals surface area contributed by atoms with Crippen molar-refractivity contribution in [2.24, 2.45) is 0 Å². The van der Waals surface area contributed by atoms with Gasteiger partial charge in [0.05, 0.1) is 19.3 Å². The zero-order valence-corrected chi connectivity index (χ0v) is 13.5. The molecule has 0 heterocycles. The topological polar surface area (TPSA) is 35.5 Å². The Kier molecular flexibility index (Phi) is 5.13. The van der Waals surface area contributed by atoms with Gasteiger partial charge >= 0.3 is 5.97 Å². The summed E-state index contributed by atoms with van der Waals surface area (Å²) in [5.74, 6) is -1.79. The third-order valence-corrected chi connectivity index (χ3v) is 3.66. The SMILES string of the molecule is CCOc1cc(-c2c(F)cccc2F)c(Br)cc1C(=O)OC. The minimum Gasteiger partial charge on any atom is -0.493 e. The molecular weight excluding hydrogens is 358 g/mol. The highest BCUT2D eigenvalue weighted by Gasteiger charge is 2.20. The van der Waals surface area contributed by atoms with Gasteiger partial charge in [-0.3, -0.25) is 0 Å². The first-order valence-electron chi connectivity index (χ1n) is 6.48. The molecular formula is C16H13BrF2O3. The van der Waals surface area contributed by atoms with Crippen LogP contribution in [0.25, 0.3) is 11.1 Å². The molecule has 0 bridgehead atoms. The van der Waals surface area contributed by atoms with Crippen molar-refractivity contribution in [3.05, 3.63) is 52.0 Å². The maximum Gasteiger partial charge on any atom is 0.341 e. The predicted octanol–water partition coefficient (Wildman–Crippen LogP) is 4.58. The van der Waals surface area contributed by atoms with Gasteiger partial charge in [0.1, 0.15) is 22.9 Å². The fourth-order valence-electron chi connectivity index (χ4n) is 2.04. The molecule has 2 aromatic carbocycles. The van der Waals surface area contributed by atoms with Crippen LogP contribution >= 0.6 is 15.9 Å². The molecule has 0 spiro atoms. The van der Waals surface area contributed by atoms with E-state index in [2.05, 4.69) is 20.7 Å². The van der Waals surface area contributed by atoms with E-state index in [0.29, 0.717) is 11.1 Å². The molecule has 0 aliphatic heterocycles. The highest BCUT2D eigenvalue weighted by atomic mass is 79.9. The number of carbonyl (C=O) groups is 1. The van der Waals surface area contributed by atoms with Crippen LogP contribution in [-0.4, -0.2) is 19.7 Å². The van der Waals surface area contributed by atoms with Gasteiger partial charge in [0.15, 0.2) is 0 Å². The van der Waals surface area contributed by atoms with Crippen LogP contribution in [-0.2, 0) is 4.74 Å². The number of rotatable bonds is 4. The summed E-state index contributed by atoms with van der Waals surface area (Å²) in [7, 11) is 1.25. The number of ether oxygens (including phenoxy) is 2. The predicted molar refractivity (Wildman–Crippen MR) is 82.0 cm³/mol. The number of benzene rings is 2. The van der Waals surface area contributed by atoms with Gasteiger partial charge in [0.2, 0.25) is 0 Å². The Labute approximate surface area is 135 Å². The van der Waals surface area contributed by atoms with Crippen molar-refractivity contribution < 1.29 is 23.0 Å². The summed E-state index contributed by atoms with van der Waals surface area (Å²) in [6, 6.07) is 6.46. The maximum atomic E-state index is 14.0. The highest BCUT2D eigenvalue weighted by molar-refractivity contribution is 9.10. The molecule has 3 nitrogen and oxygen atoms in total.